The van der Waals surface area contributed by atoms with Gasteiger partial charge < -0.3 is 10.4 Å². The highest BCUT2D eigenvalue weighted by atomic mass is 35.5. The molecule has 1 aliphatic rings. The molecule has 23 heavy (non-hydrogen) atoms. The molecule has 1 saturated heterocycles. The number of carbonyl (C=O) groups excluding carboxylic acids is 2. The van der Waals surface area contributed by atoms with Crippen LogP contribution in [0.5, 0.6) is 0 Å². The quantitative estimate of drug-likeness (QED) is 0.504. The Bertz CT molecular complexity index is 830. The fourth-order valence-corrected chi connectivity index (χ4v) is 2.60. The topological polar surface area (TPSA) is 66.4 Å². The van der Waals surface area contributed by atoms with Gasteiger partial charge in [0, 0.05) is 16.1 Å². The molecule has 0 saturated carbocycles. The van der Waals surface area contributed by atoms with Crippen molar-refractivity contribution in [3.05, 3.63) is 76.1 Å². The van der Waals surface area contributed by atoms with E-state index in [-0.39, 0.29) is 16.9 Å². The number of halogens is 2. The fourth-order valence-electron chi connectivity index (χ4n) is 2.47. The van der Waals surface area contributed by atoms with E-state index in [2.05, 4.69) is 5.32 Å². The molecule has 1 unspecified atom stereocenters. The van der Waals surface area contributed by atoms with Gasteiger partial charge in [-0.15, -0.1) is 0 Å². The van der Waals surface area contributed by atoms with Crippen LogP contribution in [-0.4, -0.2) is 16.8 Å². The van der Waals surface area contributed by atoms with Gasteiger partial charge in [-0.05, 0) is 30.3 Å². The Morgan fingerprint density at radius 1 is 1.09 bits per heavy atom. The van der Waals surface area contributed by atoms with Crippen LogP contribution in [0.15, 0.2) is 54.1 Å². The van der Waals surface area contributed by atoms with Crippen molar-refractivity contribution in [1.29, 1.82) is 0 Å². The van der Waals surface area contributed by atoms with Crippen LogP contribution in [0.3, 0.4) is 0 Å². The molecule has 0 radical (unpaired) electrons. The number of aliphatic hydroxyl groups is 1. The molecule has 0 aromatic heterocycles. The lowest BCUT2D eigenvalue weighted by Gasteiger charge is -2.14. The molecular formula is C17H11ClFNO3. The minimum Gasteiger partial charge on any atom is -0.507 e. The van der Waals surface area contributed by atoms with Crippen LogP contribution in [0.25, 0.3) is 5.76 Å². The Morgan fingerprint density at radius 2 is 1.74 bits per heavy atom. The zero-order chi connectivity index (χ0) is 16.6. The highest BCUT2D eigenvalue weighted by Crippen LogP contribution is 2.34. The predicted molar refractivity (Wildman–Crippen MR) is 83.3 cm³/mol. The molecule has 0 aliphatic carbocycles. The van der Waals surface area contributed by atoms with E-state index < -0.39 is 23.5 Å². The summed E-state index contributed by atoms with van der Waals surface area (Å²) < 4.78 is 14.0. The summed E-state index contributed by atoms with van der Waals surface area (Å²) in [6.45, 7) is 0. The summed E-state index contributed by atoms with van der Waals surface area (Å²) >= 11 is 5.79. The minimum absolute atomic E-state index is 0.113. The van der Waals surface area contributed by atoms with Crippen molar-refractivity contribution in [1.82, 2.24) is 5.32 Å². The summed E-state index contributed by atoms with van der Waals surface area (Å²) in [4.78, 5) is 23.8. The number of aliphatic hydroxyl groups excluding tert-OH is 1. The Balaban J connectivity index is 2.15. The van der Waals surface area contributed by atoms with Gasteiger partial charge in [-0.25, -0.2) is 4.39 Å². The van der Waals surface area contributed by atoms with Gasteiger partial charge in [0.1, 0.15) is 11.6 Å². The van der Waals surface area contributed by atoms with Gasteiger partial charge in [0.25, 0.3) is 11.7 Å². The SMILES string of the molecule is O=C1NC(c2ccccc2F)/C(=C(/O)c2ccc(Cl)cc2)C1=O. The number of ketones is 1. The summed E-state index contributed by atoms with van der Waals surface area (Å²) in [5.41, 5.74) is 0.250. The number of Topliss-reactive ketones (excluding diaryl/α,β-unsaturated/α-hetero) is 1. The lowest BCUT2D eigenvalue weighted by Crippen LogP contribution is -2.21. The van der Waals surface area contributed by atoms with E-state index in [9.17, 15) is 19.1 Å². The first-order chi connectivity index (χ1) is 11.0. The van der Waals surface area contributed by atoms with E-state index in [1.165, 1.54) is 30.3 Å². The van der Waals surface area contributed by atoms with E-state index in [1.807, 2.05) is 0 Å². The standard InChI is InChI=1S/C17H11ClFNO3/c18-10-7-5-9(6-8-10)15(21)13-14(20-17(23)16(13)22)11-3-1-2-4-12(11)19/h1-8,14,21H,(H,20,23)/b15-13-. The third kappa shape index (κ3) is 2.71. The molecule has 4 nitrogen and oxygen atoms in total. The molecule has 1 fully saturated rings. The van der Waals surface area contributed by atoms with Crippen molar-refractivity contribution >= 4 is 29.1 Å². The van der Waals surface area contributed by atoms with Gasteiger partial charge in [0.05, 0.1) is 11.6 Å². The lowest BCUT2D eigenvalue weighted by atomic mass is 9.95. The molecule has 2 N–H and O–H groups in total. The van der Waals surface area contributed by atoms with Crippen LogP contribution in [0, 0.1) is 5.82 Å². The first-order valence-electron chi connectivity index (χ1n) is 6.77. The second kappa shape index (κ2) is 5.85. The first kappa shape index (κ1) is 15.2. The third-order valence-corrected chi connectivity index (χ3v) is 3.86. The molecule has 0 spiro atoms. The van der Waals surface area contributed by atoms with Crippen LogP contribution in [-0.2, 0) is 9.59 Å². The maximum Gasteiger partial charge on any atom is 0.293 e. The summed E-state index contributed by atoms with van der Waals surface area (Å²) in [6.07, 6.45) is 0. The van der Waals surface area contributed by atoms with Gasteiger partial charge in [-0.2, -0.15) is 0 Å². The third-order valence-electron chi connectivity index (χ3n) is 3.60. The Morgan fingerprint density at radius 3 is 2.39 bits per heavy atom. The van der Waals surface area contributed by atoms with E-state index in [1.54, 1.807) is 18.2 Å². The Kier molecular flexibility index (Phi) is 3.88. The molecule has 1 amide bonds. The van der Waals surface area contributed by atoms with Crippen LogP contribution in [0.2, 0.25) is 5.02 Å². The molecule has 2 aromatic rings. The monoisotopic (exact) mass is 331 g/mol. The molecule has 6 heteroatoms. The van der Waals surface area contributed by atoms with Gasteiger partial charge >= 0.3 is 0 Å². The summed E-state index contributed by atoms with van der Waals surface area (Å²) in [5, 5.41) is 13.3. The lowest BCUT2D eigenvalue weighted by molar-refractivity contribution is -0.133. The number of amides is 1. The van der Waals surface area contributed by atoms with Crippen molar-refractivity contribution in [3.8, 4) is 0 Å². The Hall–Kier alpha value is -2.66. The van der Waals surface area contributed by atoms with E-state index in [4.69, 9.17) is 11.6 Å². The molecule has 1 aliphatic heterocycles. The molecule has 2 aromatic carbocycles. The van der Waals surface area contributed by atoms with Gasteiger partial charge in [0.15, 0.2) is 0 Å². The van der Waals surface area contributed by atoms with Gasteiger partial charge in [-0.1, -0.05) is 29.8 Å². The second-order valence-corrected chi connectivity index (χ2v) is 5.46. The zero-order valence-corrected chi connectivity index (χ0v) is 12.5. The summed E-state index contributed by atoms with van der Waals surface area (Å²) in [5.74, 6) is -2.72. The van der Waals surface area contributed by atoms with Crippen LogP contribution in [0.1, 0.15) is 17.2 Å². The average Bonchev–Trinajstić information content (AvgIpc) is 2.83. The molecule has 116 valence electrons. The molecule has 0 bridgehead atoms. The van der Waals surface area contributed by atoms with E-state index >= 15 is 0 Å². The number of carbonyl (C=O) groups is 2. The molecule has 1 atom stereocenters. The fraction of sp³-hybridized carbons (Fsp3) is 0.0588. The van der Waals surface area contributed by atoms with E-state index in [0.29, 0.717) is 10.6 Å². The zero-order valence-electron chi connectivity index (χ0n) is 11.7. The molecular weight excluding hydrogens is 321 g/mol. The Labute approximate surface area is 136 Å². The minimum atomic E-state index is -1.04. The van der Waals surface area contributed by atoms with Crippen molar-refractivity contribution < 1.29 is 19.1 Å². The number of hydrogen-bond acceptors (Lipinski definition) is 3. The van der Waals surface area contributed by atoms with Crippen LogP contribution in [0.4, 0.5) is 4.39 Å². The number of hydrogen-bond donors (Lipinski definition) is 2. The van der Waals surface area contributed by atoms with Crippen LogP contribution < -0.4 is 5.32 Å². The maximum atomic E-state index is 14.0. The average molecular weight is 332 g/mol. The van der Waals surface area contributed by atoms with Crippen molar-refractivity contribution in [2.45, 2.75) is 6.04 Å². The van der Waals surface area contributed by atoms with Crippen molar-refractivity contribution in [2.24, 2.45) is 0 Å². The normalized spacial score (nSPS) is 19.7. The highest BCUT2D eigenvalue weighted by molar-refractivity contribution is 6.46. The highest BCUT2D eigenvalue weighted by Gasteiger charge is 2.40. The number of nitrogens with one attached hydrogen (secondary N) is 1. The van der Waals surface area contributed by atoms with Gasteiger partial charge in [-0.3, -0.25) is 9.59 Å². The smallest absolute Gasteiger partial charge is 0.293 e. The van der Waals surface area contributed by atoms with E-state index in [0.717, 1.165) is 0 Å². The summed E-state index contributed by atoms with van der Waals surface area (Å²) in [6, 6.07) is 10.8. The maximum absolute atomic E-state index is 14.0. The summed E-state index contributed by atoms with van der Waals surface area (Å²) in [7, 11) is 0. The van der Waals surface area contributed by atoms with Crippen LogP contribution >= 0.6 is 11.6 Å². The predicted octanol–water partition coefficient (Wildman–Crippen LogP) is 3.19. The number of benzene rings is 2. The molecule has 3 rings (SSSR count). The van der Waals surface area contributed by atoms with Crippen molar-refractivity contribution in [2.75, 3.05) is 0 Å². The number of rotatable bonds is 2. The molecule has 1 heterocycles. The largest absolute Gasteiger partial charge is 0.507 e. The van der Waals surface area contributed by atoms with Crippen molar-refractivity contribution in [3.63, 3.8) is 0 Å². The second-order valence-electron chi connectivity index (χ2n) is 5.03. The first-order valence-corrected chi connectivity index (χ1v) is 7.15. The van der Waals surface area contributed by atoms with Gasteiger partial charge in [0.2, 0.25) is 0 Å².